The highest BCUT2D eigenvalue weighted by atomic mass is 32.1. The van der Waals surface area contributed by atoms with E-state index in [1.54, 1.807) is 46.9 Å². The van der Waals surface area contributed by atoms with E-state index in [0.717, 1.165) is 50.5 Å². The number of fused-ring (bicyclic) bond motifs is 1. The van der Waals surface area contributed by atoms with Crippen LogP contribution < -0.4 is 33.2 Å². The molecule has 0 saturated carbocycles. The van der Waals surface area contributed by atoms with Gasteiger partial charge in [0.2, 0.25) is 5.75 Å². The summed E-state index contributed by atoms with van der Waals surface area (Å²) in [6.45, 7) is 1.00. The molecule has 0 fully saturated rings. The number of aromatic nitrogens is 1. The minimum atomic E-state index is -0.283. The maximum absolute atomic E-state index is 6.18. The first kappa shape index (κ1) is 32.8. The third kappa shape index (κ3) is 7.06. The molecule has 1 aliphatic heterocycles. The van der Waals surface area contributed by atoms with E-state index in [1.165, 1.54) is 0 Å². The summed E-state index contributed by atoms with van der Waals surface area (Å²) in [6.07, 6.45) is 1.84. The first-order valence-corrected chi connectivity index (χ1v) is 16.4. The van der Waals surface area contributed by atoms with Gasteiger partial charge in [-0.15, -0.1) is 11.3 Å². The molecule has 0 N–H and O–H groups in total. The fraction of sp³-hybridized carbons (Fsp3) is 0.297. The highest BCUT2D eigenvalue weighted by Crippen LogP contribution is 2.41. The SMILES string of the molecule is COc1ccc(-c2nc3ccccc3s2)cc1OCCCCOc1cc(C2CC(c3cc(OC)c(OC)c(OC)c3)=NO2)ccc1OC. The van der Waals surface area contributed by atoms with Crippen LogP contribution in [0.4, 0.5) is 0 Å². The van der Waals surface area contributed by atoms with Gasteiger partial charge < -0.3 is 38.0 Å². The van der Waals surface area contributed by atoms with Crippen molar-refractivity contribution in [3.8, 4) is 50.8 Å². The molecule has 2 heterocycles. The number of methoxy groups -OCH3 is 5. The molecule has 0 saturated heterocycles. The van der Waals surface area contributed by atoms with E-state index in [4.69, 9.17) is 43.0 Å². The summed E-state index contributed by atoms with van der Waals surface area (Å²) in [4.78, 5) is 10.6. The molecule has 1 aromatic heterocycles. The molecule has 11 heteroatoms. The maximum atomic E-state index is 6.18. The fourth-order valence-electron chi connectivity index (χ4n) is 5.47. The Hall–Kier alpha value is -5.16. The van der Waals surface area contributed by atoms with Gasteiger partial charge >= 0.3 is 0 Å². The highest BCUT2D eigenvalue weighted by molar-refractivity contribution is 7.21. The van der Waals surface area contributed by atoms with Crippen LogP contribution in [0.15, 0.2) is 78.0 Å². The average Bonchev–Trinajstić information content (AvgIpc) is 3.80. The molecular weight excluding hydrogens is 632 g/mol. The van der Waals surface area contributed by atoms with Gasteiger partial charge in [0.15, 0.2) is 40.6 Å². The lowest BCUT2D eigenvalue weighted by Crippen LogP contribution is -2.06. The van der Waals surface area contributed by atoms with E-state index >= 15 is 0 Å². The number of nitrogens with zero attached hydrogens (tertiary/aromatic N) is 2. The van der Waals surface area contributed by atoms with Crippen LogP contribution >= 0.6 is 11.3 Å². The van der Waals surface area contributed by atoms with Crippen LogP contribution in [0.3, 0.4) is 0 Å². The van der Waals surface area contributed by atoms with Crippen LogP contribution in [0.5, 0.6) is 40.2 Å². The lowest BCUT2D eigenvalue weighted by molar-refractivity contribution is 0.0854. The second kappa shape index (κ2) is 15.2. The monoisotopic (exact) mass is 670 g/mol. The number of hydrogen-bond acceptors (Lipinski definition) is 11. The van der Waals surface area contributed by atoms with Gasteiger partial charge in [0.1, 0.15) is 5.01 Å². The van der Waals surface area contributed by atoms with Gasteiger partial charge in [-0.05, 0) is 73.0 Å². The molecule has 0 amide bonds. The molecule has 250 valence electrons. The summed E-state index contributed by atoms with van der Waals surface area (Å²) in [7, 11) is 8.02. The molecule has 4 aromatic carbocycles. The number of unbranched alkanes of at least 4 members (excludes halogenated alkanes) is 1. The summed E-state index contributed by atoms with van der Waals surface area (Å²) in [5.74, 6) is 4.30. The quantitative estimate of drug-likeness (QED) is 0.102. The Bertz CT molecular complexity index is 1850. The molecule has 0 radical (unpaired) electrons. The van der Waals surface area contributed by atoms with Crippen LogP contribution in [0.1, 0.15) is 36.5 Å². The molecule has 1 unspecified atom stereocenters. The van der Waals surface area contributed by atoms with Gasteiger partial charge in [0.25, 0.3) is 0 Å². The van der Waals surface area contributed by atoms with E-state index in [0.29, 0.717) is 59.9 Å². The Kier molecular flexibility index (Phi) is 10.4. The molecule has 5 aromatic rings. The summed E-state index contributed by atoms with van der Waals surface area (Å²) in [5, 5.41) is 5.32. The zero-order valence-electron chi connectivity index (χ0n) is 27.6. The number of oxime groups is 1. The molecular formula is C37H38N2O8S. The van der Waals surface area contributed by atoms with E-state index in [2.05, 4.69) is 11.2 Å². The first-order chi connectivity index (χ1) is 23.5. The third-order valence-corrected chi connectivity index (χ3v) is 9.07. The van der Waals surface area contributed by atoms with Crippen molar-refractivity contribution in [3.05, 3.63) is 83.9 Å². The van der Waals surface area contributed by atoms with Crippen molar-refractivity contribution in [2.45, 2.75) is 25.4 Å². The Morgan fingerprint density at radius 2 is 1.29 bits per heavy atom. The summed E-state index contributed by atoms with van der Waals surface area (Å²) >= 11 is 1.66. The summed E-state index contributed by atoms with van der Waals surface area (Å²) in [6, 6.07) is 23.6. The Labute approximate surface area is 283 Å². The van der Waals surface area contributed by atoms with E-state index < -0.39 is 0 Å². The maximum Gasteiger partial charge on any atom is 0.203 e. The topological polar surface area (TPSA) is 99.1 Å². The molecule has 0 spiro atoms. The van der Waals surface area contributed by atoms with Crippen molar-refractivity contribution in [1.29, 1.82) is 0 Å². The lowest BCUT2D eigenvalue weighted by Gasteiger charge is -2.15. The minimum absolute atomic E-state index is 0.283. The normalized spacial score (nSPS) is 13.9. The average molecular weight is 671 g/mol. The van der Waals surface area contributed by atoms with Crippen molar-refractivity contribution >= 4 is 27.3 Å². The molecule has 48 heavy (non-hydrogen) atoms. The van der Waals surface area contributed by atoms with Crippen LogP contribution in [0.25, 0.3) is 20.8 Å². The Morgan fingerprint density at radius 3 is 1.94 bits per heavy atom. The zero-order chi connectivity index (χ0) is 33.5. The van der Waals surface area contributed by atoms with Crippen molar-refractivity contribution in [3.63, 3.8) is 0 Å². The van der Waals surface area contributed by atoms with Crippen molar-refractivity contribution in [2.75, 3.05) is 48.8 Å². The smallest absolute Gasteiger partial charge is 0.203 e. The second-order valence-electron chi connectivity index (χ2n) is 10.9. The van der Waals surface area contributed by atoms with Crippen molar-refractivity contribution < 1.29 is 38.0 Å². The molecule has 0 aliphatic carbocycles. The second-order valence-corrected chi connectivity index (χ2v) is 11.9. The van der Waals surface area contributed by atoms with Gasteiger partial charge in [0.05, 0.1) is 64.7 Å². The molecule has 10 nitrogen and oxygen atoms in total. The molecule has 1 atom stereocenters. The lowest BCUT2D eigenvalue weighted by atomic mass is 9.99. The number of para-hydroxylation sites is 1. The third-order valence-electron chi connectivity index (χ3n) is 7.98. The number of ether oxygens (including phenoxy) is 7. The Balaban J connectivity index is 1.04. The summed E-state index contributed by atoms with van der Waals surface area (Å²) < 4.78 is 41.1. The highest BCUT2D eigenvalue weighted by Gasteiger charge is 2.27. The van der Waals surface area contributed by atoms with Crippen LogP contribution in [0, 0.1) is 0 Å². The van der Waals surface area contributed by atoms with Gasteiger partial charge in [-0.3, -0.25) is 0 Å². The van der Waals surface area contributed by atoms with E-state index in [1.807, 2.05) is 66.7 Å². The van der Waals surface area contributed by atoms with Gasteiger partial charge in [-0.2, -0.15) is 0 Å². The van der Waals surface area contributed by atoms with E-state index in [9.17, 15) is 0 Å². The number of benzene rings is 4. The van der Waals surface area contributed by atoms with Crippen LogP contribution in [-0.2, 0) is 4.84 Å². The van der Waals surface area contributed by atoms with E-state index in [-0.39, 0.29) is 6.10 Å². The largest absolute Gasteiger partial charge is 0.493 e. The molecule has 1 aliphatic rings. The standard InChI is InChI=1S/C37H38N2O8S/c1-40-28-14-12-23(30-22-27(39-47-30)25-20-33(42-3)36(44-5)34(21-25)43-4)18-31(28)45-16-8-9-17-46-32-19-24(13-15-29(32)41-2)37-38-26-10-6-7-11-35(26)48-37/h6-7,10-15,18-21,30H,8-9,16-17,22H2,1-5H3. The first-order valence-electron chi connectivity index (χ1n) is 15.6. The predicted octanol–water partition coefficient (Wildman–Crippen LogP) is 8.11. The van der Waals surface area contributed by atoms with Crippen LogP contribution in [0.2, 0.25) is 0 Å². The number of rotatable bonds is 15. The van der Waals surface area contributed by atoms with Gasteiger partial charge in [-0.25, -0.2) is 4.98 Å². The van der Waals surface area contributed by atoms with Crippen LogP contribution in [-0.4, -0.2) is 59.5 Å². The Morgan fingerprint density at radius 1 is 0.667 bits per heavy atom. The minimum Gasteiger partial charge on any atom is -0.493 e. The number of hydrogen-bond donors (Lipinski definition) is 0. The summed E-state index contributed by atoms with van der Waals surface area (Å²) in [5.41, 5.74) is 4.53. The fourth-order valence-corrected chi connectivity index (χ4v) is 6.43. The molecule has 6 rings (SSSR count). The van der Waals surface area contributed by atoms with Gasteiger partial charge in [0, 0.05) is 17.5 Å². The van der Waals surface area contributed by atoms with Crippen molar-refractivity contribution in [1.82, 2.24) is 4.98 Å². The zero-order valence-corrected chi connectivity index (χ0v) is 28.4. The van der Waals surface area contributed by atoms with Gasteiger partial charge in [-0.1, -0.05) is 23.4 Å². The predicted molar refractivity (Wildman–Crippen MR) is 186 cm³/mol. The number of thiazole rings is 1. The molecule has 0 bridgehead atoms. The van der Waals surface area contributed by atoms with Crippen molar-refractivity contribution in [2.24, 2.45) is 5.16 Å².